The average molecular weight is 239 g/mol. The van der Waals surface area contributed by atoms with Gasteiger partial charge in [0.1, 0.15) is 5.82 Å². The van der Waals surface area contributed by atoms with Crippen LogP contribution in [0.15, 0.2) is 18.2 Å². The van der Waals surface area contributed by atoms with Crippen LogP contribution in [0.5, 0.6) is 0 Å². The molecule has 0 aliphatic rings. The number of benzene rings is 1. The molecule has 1 unspecified atom stereocenters. The summed E-state index contributed by atoms with van der Waals surface area (Å²) in [6.45, 7) is 5.42. The molecule has 1 rings (SSSR count). The van der Waals surface area contributed by atoms with Gasteiger partial charge >= 0.3 is 5.97 Å². The zero-order chi connectivity index (χ0) is 13.1. The number of carbonyl (C=O) groups is 1. The first-order chi connectivity index (χ1) is 7.86. The summed E-state index contributed by atoms with van der Waals surface area (Å²) < 4.78 is 18.3. The first kappa shape index (κ1) is 13.6. The van der Waals surface area contributed by atoms with Crippen LogP contribution < -0.4 is 5.73 Å². The van der Waals surface area contributed by atoms with Crippen molar-refractivity contribution in [2.45, 2.75) is 32.7 Å². The molecule has 0 aromatic heterocycles. The van der Waals surface area contributed by atoms with Crippen molar-refractivity contribution < 1.29 is 13.9 Å². The van der Waals surface area contributed by atoms with Gasteiger partial charge in [-0.3, -0.25) is 4.79 Å². The molecule has 0 saturated heterocycles. The van der Waals surface area contributed by atoms with Crippen molar-refractivity contribution in [2.75, 3.05) is 6.61 Å². The van der Waals surface area contributed by atoms with Crippen LogP contribution in [0.2, 0.25) is 0 Å². The maximum absolute atomic E-state index is 13.4. The minimum absolute atomic E-state index is 0.0311. The Labute approximate surface area is 101 Å². The smallest absolute Gasteiger partial charge is 0.307 e. The standard InChI is InChI=1S/C13H18FNO2/c1-4-17-12(16)8-13(3,15)10-6-5-9(2)11(14)7-10/h5-7H,4,8,15H2,1-3H3. The van der Waals surface area contributed by atoms with E-state index in [-0.39, 0.29) is 18.2 Å². The Balaban J connectivity index is 2.88. The Morgan fingerprint density at radius 1 is 1.53 bits per heavy atom. The first-order valence-corrected chi connectivity index (χ1v) is 5.58. The summed E-state index contributed by atoms with van der Waals surface area (Å²) in [5, 5.41) is 0. The molecule has 0 spiro atoms. The molecular formula is C13H18FNO2. The van der Waals surface area contributed by atoms with Gasteiger partial charge in [-0.05, 0) is 38.0 Å². The van der Waals surface area contributed by atoms with Gasteiger partial charge in [0, 0.05) is 5.54 Å². The van der Waals surface area contributed by atoms with Gasteiger partial charge in [0.15, 0.2) is 0 Å². The van der Waals surface area contributed by atoms with Crippen LogP contribution in [-0.2, 0) is 15.1 Å². The number of aryl methyl sites for hydroxylation is 1. The molecule has 1 aromatic carbocycles. The highest BCUT2D eigenvalue weighted by Gasteiger charge is 2.26. The summed E-state index contributed by atoms with van der Waals surface area (Å²) >= 11 is 0. The van der Waals surface area contributed by atoms with E-state index in [2.05, 4.69) is 0 Å². The number of hydrogen-bond donors (Lipinski definition) is 1. The third kappa shape index (κ3) is 3.53. The third-order valence-electron chi connectivity index (χ3n) is 2.65. The van der Waals surface area contributed by atoms with E-state index in [1.165, 1.54) is 6.07 Å². The molecule has 4 heteroatoms. The summed E-state index contributed by atoms with van der Waals surface area (Å²) in [6.07, 6.45) is 0.0311. The van der Waals surface area contributed by atoms with Crippen molar-refractivity contribution in [1.82, 2.24) is 0 Å². The van der Waals surface area contributed by atoms with E-state index in [4.69, 9.17) is 10.5 Å². The number of carbonyl (C=O) groups excluding carboxylic acids is 1. The predicted molar refractivity (Wildman–Crippen MR) is 63.9 cm³/mol. The molecule has 0 aliphatic carbocycles. The van der Waals surface area contributed by atoms with E-state index < -0.39 is 5.54 Å². The fourth-order valence-corrected chi connectivity index (χ4v) is 1.56. The lowest BCUT2D eigenvalue weighted by atomic mass is 9.89. The summed E-state index contributed by atoms with van der Waals surface area (Å²) in [7, 11) is 0. The van der Waals surface area contributed by atoms with E-state index in [1.807, 2.05) is 0 Å². The molecular weight excluding hydrogens is 221 g/mol. The largest absolute Gasteiger partial charge is 0.466 e. The fourth-order valence-electron chi connectivity index (χ4n) is 1.56. The zero-order valence-electron chi connectivity index (χ0n) is 10.4. The summed E-state index contributed by atoms with van der Waals surface area (Å²) in [5.41, 5.74) is 6.25. The summed E-state index contributed by atoms with van der Waals surface area (Å²) in [4.78, 5) is 11.4. The van der Waals surface area contributed by atoms with Gasteiger partial charge in [-0.25, -0.2) is 4.39 Å². The van der Waals surface area contributed by atoms with Crippen molar-refractivity contribution in [3.63, 3.8) is 0 Å². The van der Waals surface area contributed by atoms with Gasteiger partial charge in [0.2, 0.25) is 0 Å². The normalized spacial score (nSPS) is 14.2. The van der Waals surface area contributed by atoms with Gasteiger partial charge in [0.05, 0.1) is 13.0 Å². The second-order valence-electron chi connectivity index (χ2n) is 4.36. The van der Waals surface area contributed by atoms with Crippen molar-refractivity contribution in [3.8, 4) is 0 Å². The topological polar surface area (TPSA) is 52.3 Å². The number of esters is 1. The predicted octanol–water partition coefficient (Wildman–Crippen LogP) is 2.26. The maximum Gasteiger partial charge on any atom is 0.307 e. The van der Waals surface area contributed by atoms with Crippen molar-refractivity contribution in [1.29, 1.82) is 0 Å². The van der Waals surface area contributed by atoms with Crippen molar-refractivity contribution in [3.05, 3.63) is 35.1 Å². The van der Waals surface area contributed by atoms with Crippen LogP contribution in [0.3, 0.4) is 0 Å². The minimum Gasteiger partial charge on any atom is -0.466 e. The Kier molecular flexibility index (Phi) is 4.23. The van der Waals surface area contributed by atoms with Crippen LogP contribution >= 0.6 is 0 Å². The molecule has 0 aliphatic heterocycles. The second kappa shape index (κ2) is 5.27. The van der Waals surface area contributed by atoms with Crippen molar-refractivity contribution >= 4 is 5.97 Å². The van der Waals surface area contributed by atoms with Crippen LogP contribution in [-0.4, -0.2) is 12.6 Å². The number of hydrogen-bond acceptors (Lipinski definition) is 3. The second-order valence-corrected chi connectivity index (χ2v) is 4.36. The minimum atomic E-state index is -0.916. The number of ether oxygens (including phenoxy) is 1. The monoisotopic (exact) mass is 239 g/mol. The highest BCUT2D eigenvalue weighted by atomic mass is 19.1. The highest BCUT2D eigenvalue weighted by Crippen LogP contribution is 2.24. The Morgan fingerprint density at radius 3 is 2.71 bits per heavy atom. The molecule has 0 saturated carbocycles. The summed E-state index contributed by atoms with van der Waals surface area (Å²) in [5.74, 6) is -0.693. The van der Waals surface area contributed by atoms with E-state index in [9.17, 15) is 9.18 Å². The summed E-state index contributed by atoms with van der Waals surface area (Å²) in [6, 6.07) is 4.76. The molecule has 1 atom stereocenters. The molecule has 1 aromatic rings. The van der Waals surface area contributed by atoms with Crippen LogP contribution in [0.4, 0.5) is 4.39 Å². The molecule has 3 nitrogen and oxygen atoms in total. The van der Waals surface area contributed by atoms with Gasteiger partial charge in [-0.2, -0.15) is 0 Å². The average Bonchev–Trinajstić information content (AvgIpc) is 2.21. The Bertz CT molecular complexity index is 416. The van der Waals surface area contributed by atoms with E-state index >= 15 is 0 Å². The zero-order valence-corrected chi connectivity index (χ0v) is 10.4. The lowest BCUT2D eigenvalue weighted by Crippen LogP contribution is -2.36. The molecule has 0 bridgehead atoms. The highest BCUT2D eigenvalue weighted by molar-refractivity contribution is 5.71. The van der Waals surface area contributed by atoms with Gasteiger partial charge in [0.25, 0.3) is 0 Å². The van der Waals surface area contributed by atoms with Crippen LogP contribution in [0, 0.1) is 12.7 Å². The molecule has 0 amide bonds. The Morgan fingerprint density at radius 2 is 2.18 bits per heavy atom. The molecule has 0 heterocycles. The van der Waals surface area contributed by atoms with Gasteiger partial charge < -0.3 is 10.5 Å². The third-order valence-corrected chi connectivity index (χ3v) is 2.65. The van der Waals surface area contributed by atoms with E-state index in [0.29, 0.717) is 17.7 Å². The molecule has 0 fully saturated rings. The number of rotatable bonds is 4. The first-order valence-electron chi connectivity index (χ1n) is 5.58. The SMILES string of the molecule is CCOC(=O)CC(C)(N)c1ccc(C)c(F)c1. The number of nitrogens with two attached hydrogens (primary N) is 1. The fraction of sp³-hybridized carbons (Fsp3) is 0.462. The van der Waals surface area contributed by atoms with Crippen LogP contribution in [0.25, 0.3) is 0 Å². The molecule has 2 N–H and O–H groups in total. The lowest BCUT2D eigenvalue weighted by Gasteiger charge is -2.24. The van der Waals surface area contributed by atoms with Crippen LogP contribution in [0.1, 0.15) is 31.4 Å². The van der Waals surface area contributed by atoms with E-state index in [0.717, 1.165) is 0 Å². The molecule has 0 radical (unpaired) electrons. The Hall–Kier alpha value is -1.42. The van der Waals surface area contributed by atoms with Gasteiger partial charge in [-0.15, -0.1) is 0 Å². The molecule has 17 heavy (non-hydrogen) atoms. The number of halogens is 1. The quantitative estimate of drug-likeness (QED) is 0.820. The van der Waals surface area contributed by atoms with Gasteiger partial charge in [-0.1, -0.05) is 12.1 Å². The maximum atomic E-state index is 13.4. The molecule has 94 valence electrons. The van der Waals surface area contributed by atoms with Crippen molar-refractivity contribution in [2.24, 2.45) is 5.73 Å². The van der Waals surface area contributed by atoms with E-state index in [1.54, 1.807) is 32.9 Å². The lowest BCUT2D eigenvalue weighted by molar-refractivity contribution is -0.144.